The molecule has 0 aliphatic carbocycles. The Balaban J connectivity index is 2.11. The molecule has 2 N–H and O–H groups in total. The van der Waals surface area contributed by atoms with E-state index < -0.39 is 0 Å². The smallest absolute Gasteiger partial charge is 0.146 e. The quantitative estimate of drug-likeness (QED) is 0.882. The number of hydrogen-bond donors (Lipinski definition) is 1. The van der Waals surface area contributed by atoms with Crippen molar-refractivity contribution in [2.45, 2.75) is 25.4 Å². The molecule has 1 fully saturated rings. The lowest BCUT2D eigenvalue weighted by molar-refractivity contribution is 0.247. The van der Waals surface area contributed by atoms with Crippen LogP contribution in [0.4, 0.5) is 4.39 Å². The first-order valence-electron chi connectivity index (χ1n) is 5.59. The van der Waals surface area contributed by atoms with Gasteiger partial charge in [-0.05, 0) is 25.5 Å². The van der Waals surface area contributed by atoms with E-state index in [0.717, 1.165) is 19.4 Å². The summed E-state index contributed by atoms with van der Waals surface area (Å²) in [7, 11) is 0. The lowest BCUT2D eigenvalue weighted by Crippen LogP contribution is -2.35. The second kappa shape index (κ2) is 5.13. The van der Waals surface area contributed by atoms with E-state index in [0.29, 0.717) is 24.7 Å². The van der Waals surface area contributed by atoms with Gasteiger partial charge in [-0.2, -0.15) is 0 Å². The van der Waals surface area contributed by atoms with E-state index >= 15 is 0 Å². The van der Waals surface area contributed by atoms with Gasteiger partial charge < -0.3 is 5.73 Å². The molecule has 1 heterocycles. The number of nitrogens with zero attached hydrogens (tertiary/aromatic N) is 1. The molecule has 0 bridgehead atoms. The van der Waals surface area contributed by atoms with Gasteiger partial charge in [-0.3, -0.25) is 4.90 Å². The third-order valence-electron chi connectivity index (χ3n) is 3.18. The molecule has 1 unspecified atom stereocenters. The maximum Gasteiger partial charge on any atom is 0.146 e. The predicted molar refractivity (Wildman–Crippen MR) is 63.9 cm³/mol. The van der Waals surface area contributed by atoms with E-state index in [1.54, 1.807) is 18.2 Å². The minimum Gasteiger partial charge on any atom is -0.329 e. The molecule has 1 saturated heterocycles. The van der Waals surface area contributed by atoms with Crippen molar-refractivity contribution in [3.63, 3.8) is 0 Å². The standard InChI is InChI=1S/C12H16ClFN2/c13-11-5-1-3-9(12(11)14)8-16-6-2-4-10(16)7-15/h1,3,5,10H,2,4,6-8,15H2. The Morgan fingerprint density at radius 1 is 1.50 bits per heavy atom. The van der Waals surface area contributed by atoms with Gasteiger partial charge in [0.1, 0.15) is 5.82 Å². The van der Waals surface area contributed by atoms with Gasteiger partial charge in [-0.15, -0.1) is 0 Å². The second-order valence-corrected chi connectivity index (χ2v) is 4.62. The van der Waals surface area contributed by atoms with Crippen molar-refractivity contribution in [2.24, 2.45) is 5.73 Å². The molecule has 1 aromatic rings. The average molecular weight is 243 g/mol. The van der Waals surface area contributed by atoms with Crippen LogP contribution in [-0.2, 0) is 6.54 Å². The Kier molecular flexibility index (Phi) is 3.79. The highest BCUT2D eigenvalue weighted by atomic mass is 35.5. The number of rotatable bonds is 3. The number of halogens is 2. The molecule has 1 aromatic carbocycles. The van der Waals surface area contributed by atoms with Crippen LogP contribution < -0.4 is 5.73 Å². The van der Waals surface area contributed by atoms with E-state index in [9.17, 15) is 4.39 Å². The summed E-state index contributed by atoms with van der Waals surface area (Å²) in [6.45, 7) is 2.24. The monoisotopic (exact) mass is 242 g/mol. The molecule has 0 spiro atoms. The summed E-state index contributed by atoms with van der Waals surface area (Å²) in [5.74, 6) is -0.299. The number of likely N-dealkylation sites (tertiary alicyclic amines) is 1. The summed E-state index contributed by atoms with van der Waals surface area (Å²) in [5, 5.41) is 0.195. The van der Waals surface area contributed by atoms with Crippen LogP contribution in [0.1, 0.15) is 18.4 Å². The summed E-state index contributed by atoms with van der Waals surface area (Å²) < 4.78 is 13.7. The zero-order valence-corrected chi connectivity index (χ0v) is 9.88. The van der Waals surface area contributed by atoms with Crippen molar-refractivity contribution in [1.29, 1.82) is 0 Å². The molecule has 16 heavy (non-hydrogen) atoms. The van der Waals surface area contributed by atoms with Crippen LogP contribution in [0.2, 0.25) is 5.02 Å². The van der Waals surface area contributed by atoms with Gasteiger partial charge in [0, 0.05) is 24.7 Å². The molecule has 1 atom stereocenters. The van der Waals surface area contributed by atoms with Crippen LogP contribution in [0, 0.1) is 5.82 Å². The maximum atomic E-state index is 13.7. The van der Waals surface area contributed by atoms with Gasteiger partial charge in [0.25, 0.3) is 0 Å². The SMILES string of the molecule is NCC1CCCN1Cc1cccc(Cl)c1F. The van der Waals surface area contributed by atoms with Gasteiger partial charge in [-0.25, -0.2) is 4.39 Å². The molecule has 0 amide bonds. The highest BCUT2D eigenvalue weighted by molar-refractivity contribution is 6.30. The third-order valence-corrected chi connectivity index (χ3v) is 3.47. The molecular formula is C12H16ClFN2. The molecule has 1 aliphatic heterocycles. The Morgan fingerprint density at radius 3 is 3.06 bits per heavy atom. The zero-order valence-electron chi connectivity index (χ0n) is 9.13. The third kappa shape index (κ3) is 2.37. The van der Waals surface area contributed by atoms with Crippen molar-refractivity contribution in [1.82, 2.24) is 4.90 Å². The Morgan fingerprint density at radius 2 is 2.31 bits per heavy atom. The predicted octanol–water partition coefficient (Wildman–Crippen LogP) is 2.40. The summed E-state index contributed by atoms with van der Waals surface area (Å²) in [6.07, 6.45) is 2.25. The van der Waals surface area contributed by atoms with Gasteiger partial charge in [-0.1, -0.05) is 23.7 Å². The molecule has 0 radical (unpaired) electrons. The molecule has 2 nitrogen and oxygen atoms in total. The second-order valence-electron chi connectivity index (χ2n) is 4.22. The van der Waals surface area contributed by atoms with Crippen molar-refractivity contribution >= 4 is 11.6 Å². The first-order valence-corrected chi connectivity index (χ1v) is 5.97. The molecule has 88 valence electrons. The lowest BCUT2D eigenvalue weighted by Gasteiger charge is -2.23. The van der Waals surface area contributed by atoms with Gasteiger partial charge >= 0.3 is 0 Å². The molecular weight excluding hydrogens is 227 g/mol. The summed E-state index contributed by atoms with van der Waals surface area (Å²) in [6, 6.07) is 5.53. The Bertz CT molecular complexity index is 370. The molecule has 0 saturated carbocycles. The first kappa shape index (κ1) is 11.8. The Labute approximate surface area is 100 Å². The van der Waals surface area contributed by atoms with Crippen molar-refractivity contribution in [3.05, 3.63) is 34.6 Å². The fourth-order valence-corrected chi connectivity index (χ4v) is 2.45. The van der Waals surface area contributed by atoms with Crippen molar-refractivity contribution in [3.8, 4) is 0 Å². The summed E-state index contributed by atoms with van der Waals surface area (Å²) in [4.78, 5) is 2.23. The summed E-state index contributed by atoms with van der Waals surface area (Å²) in [5.41, 5.74) is 6.34. The topological polar surface area (TPSA) is 29.3 Å². The van der Waals surface area contributed by atoms with Crippen LogP contribution in [0.3, 0.4) is 0 Å². The Hall–Kier alpha value is -0.640. The van der Waals surface area contributed by atoms with E-state index in [4.69, 9.17) is 17.3 Å². The molecule has 4 heteroatoms. The first-order chi connectivity index (χ1) is 7.72. The summed E-state index contributed by atoms with van der Waals surface area (Å²) >= 11 is 5.75. The lowest BCUT2D eigenvalue weighted by atomic mass is 10.1. The van der Waals surface area contributed by atoms with Crippen molar-refractivity contribution in [2.75, 3.05) is 13.1 Å². The van der Waals surface area contributed by atoms with Crippen LogP contribution in [0.15, 0.2) is 18.2 Å². The number of nitrogens with two attached hydrogens (primary N) is 1. The largest absolute Gasteiger partial charge is 0.329 e. The highest BCUT2D eigenvalue weighted by Crippen LogP contribution is 2.23. The fourth-order valence-electron chi connectivity index (χ4n) is 2.26. The van der Waals surface area contributed by atoms with Crippen LogP contribution in [-0.4, -0.2) is 24.0 Å². The highest BCUT2D eigenvalue weighted by Gasteiger charge is 2.24. The normalized spacial score (nSPS) is 21.6. The van der Waals surface area contributed by atoms with Gasteiger partial charge in [0.15, 0.2) is 0 Å². The van der Waals surface area contributed by atoms with Gasteiger partial charge in [0.05, 0.1) is 5.02 Å². The zero-order chi connectivity index (χ0) is 11.5. The van der Waals surface area contributed by atoms with Crippen molar-refractivity contribution < 1.29 is 4.39 Å². The van der Waals surface area contributed by atoms with Crippen LogP contribution >= 0.6 is 11.6 Å². The van der Waals surface area contributed by atoms with Crippen LogP contribution in [0.5, 0.6) is 0 Å². The van der Waals surface area contributed by atoms with Crippen LogP contribution in [0.25, 0.3) is 0 Å². The van der Waals surface area contributed by atoms with E-state index in [1.165, 1.54) is 0 Å². The van der Waals surface area contributed by atoms with E-state index in [-0.39, 0.29) is 10.8 Å². The van der Waals surface area contributed by atoms with E-state index in [2.05, 4.69) is 4.90 Å². The molecule has 0 aromatic heterocycles. The fraction of sp³-hybridized carbons (Fsp3) is 0.500. The minimum absolute atomic E-state index is 0.195. The average Bonchev–Trinajstić information content (AvgIpc) is 2.72. The van der Waals surface area contributed by atoms with Gasteiger partial charge in [0.2, 0.25) is 0 Å². The maximum absolute atomic E-state index is 13.7. The minimum atomic E-state index is -0.299. The molecule has 1 aliphatic rings. The number of hydrogen-bond acceptors (Lipinski definition) is 2. The van der Waals surface area contributed by atoms with E-state index in [1.807, 2.05) is 0 Å². The molecule has 2 rings (SSSR count). The number of benzene rings is 1.